The zero-order valence-corrected chi connectivity index (χ0v) is 13.2. The zero-order valence-electron chi connectivity index (χ0n) is 12.4. The van der Waals surface area contributed by atoms with Crippen LogP contribution in [0.15, 0.2) is 18.2 Å². The van der Waals surface area contributed by atoms with Gasteiger partial charge in [-0.15, -0.1) is 0 Å². The van der Waals surface area contributed by atoms with Gasteiger partial charge in [0.05, 0.1) is 18.0 Å². The molecule has 1 amide bonds. The third kappa shape index (κ3) is 4.90. The second-order valence-corrected chi connectivity index (χ2v) is 6.14. The fourth-order valence-corrected chi connectivity index (χ4v) is 2.75. The Morgan fingerprint density at radius 1 is 1.43 bits per heavy atom. The number of anilines is 2. The maximum absolute atomic E-state index is 12.1. The van der Waals surface area contributed by atoms with E-state index in [1.807, 2.05) is 0 Å². The lowest BCUT2D eigenvalue weighted by molar-refractivity contribution is -0.127. The molecule has 1 aliphatic carbocycles. The van der Waals surface area contributed by atoms with Crippen molar-refractivity contribution in [2.45, 2.75) is 45.1 Å². The van der Waals surface area contributed by atoms with Crippen molar-refractivity contribution >= 4 is 28.9 Å². The first-order valence-electron chi connectivity index (χ1n) is 7.53. The second kappa shape index (κ2) is 7.66. The standard InChI is InChI=1S/C16H23ClN2O2/c1-11(21-10-12-5-3-2-4-6-12)16(20)19-15-9-13(17)7-8-14(15)18/h7-9,11-12H,2-6,10,18H2,1H3,(H,19,20). The lowest BCUT2D eigenvalue weighted by Crippen LogP contribution is -2.30. The summed E-state index contributed by atoms with van der Waals surface area (Å²) in [6, 6.07) is 5.00. The third-order valence-corrected chi connectivity index (χ3v) is 4.18. The van der Waals surface area contributed by atoms with E-state index in [1.165, 1.54) is 32.1 Å². The fraction of sp³-hybridized carbons (Fsp3) is 0.562. The van der Waals surface area contributed by atoms with Crippen LogP contribution in [0.25, 0.3) is 0 Å². The molecule has 5 heteroatoms. The number of ether oxygens (including phenoxy) is 1. The van der Waals surface area contributed by atoms with Crippen LogP contribution in [0.5, 0.6) is 0 Å². The van der Waals surface area contributed by atoms with Crippen LogP contribution in [-0.2, 0) is 9.53 Å². The molecule has 0 aromatic heterocycles. The molecule has 0 spiro atoms. The van der Waals surface area contributed by atoms with Crippen LogP contribution in [0.2, 0.25) is 5.02 Å². The van der Waals surface area contributed by atoms with E-state index in [0.29, 0.717) is 28.9 Å². The summed E-state index contributed by atoms with van der Waals surface area (Å²) in [5, 5.41) is 3.30. The highest BCUT2D eigenvalue weighted by Gasteiger charge is 2.19. The molecule has 1 aromatic rings. The number of nitrogens with two attached hydrogens (primary N) is 1. The molecule has 1 saturated carbocycles. The normalized spacial score (nSPS) is 17.4. The Morgan fingerprint density at radius 3 is 2.86 bits per heavy atom. The van der Waals surface area contributed by atoms with E-state index in [4.69, 9.17) is 22.1 Å². The van der Waals surface area contributed by atoms with Gasteiger partial charge in [0.1, 0.15) is 6.10 Å². The summed E-state index contributed by atoms with van der Waals surface area (Å²) in [6.07, 6.45) is 5.78. The van der Waals surface area contributed by atoms with E-state index in [9.17, 15) is 4.79 Å². The number of benzene rings is 1. The van der Waals surface area contributed by atoms with Gasteiger partial charge in [-0.05, 0) is 43.9 Å². The van der Waals surface area contributed by atoms with Crippen LogP contribution in [0, 0.1) is 5.92 Å². The van der Waals surface area contributed by atoms with Crippen molar-refractivity contribution in [3.8, 4) is 0 Å². The van der Waals surface area contributed by atoms with Crippen LogP contribution >= 0.6 is 11.6 Å². The zero-order chi connectivity index (χ0) is 15.2. The van der Waals surface area contributed by atoms with Crippen LogP contribution in [0.4, 0.5) is 11.4 Å². The molecule has 0 heterocycles. The van der Waals surface area contributed by atoms with E-state index in [2.05, 4.69) is 5.32 Å². The van der Waals surface area contributed by atoms with Gasteiger partial charge in [-0.25, -0.2) is 0 Å². The minimum Gasteiger partial charge on any atom is -0.397 e. The maximum atomic E-state index is 12.1. The van der Waals surface area contributed by atoms with E-state index < -0.39 is 6.10 Å². The number of carbonyl (C=O) groups is 1. The Hall–Kier alpha value is -1.26. The lowest BCUT2D eigenvalue weighted by atomic mass is 9.90. The molecule has 4 nitrogen and oxygen atoms in total. The SMILES string of the molecule is CC(OCC1CCCCC1)C(=O)Nc1cc(Cl)ccc1N. The van der Waals surface area contributed by atoms with Crippen molar-refractivity contribution in [1.29, 1.82) is 0 Å². The summed E-state index contributed by atoms with van der Waals surface area (Å²) in [5.74, 6) is 0.394. The minimum absolute atomic E-state index is 0.195. The van der Waals surface area contributed by atoms with Crippen molar-refractivity contribution in [1.82, 2.24) is 0 Å². The van der Waals surface area contributed by atoms with Gasteiger partial charge in [0.15, 0.2) is 0 Å². The van der Waals surface area contributed by atoms with Crippen LogP contribution < -0.4 is 11.1 Å². The molecular weight excluding hydrogens is 288 g/mol. The van der Waals surface area contributed by atoms with Crippen molar-refractivity contribution in [3.63, 3.8) is 0 Å². The maximum Gasteiger partial charge on any atom is 0.253 e. The van der Waals surface area contributed by atoms with Gasteiger partial charge in [0.25, 0.3) is 5.91 Å². The van der Waals surface area contributed by atoms with Crippen molar-refractivity contribution in [3.05, 3.63) is 23.2 Å². The number of amides is 1. The monoisotopic (exact) mass is 310 g/mol. The molecule has 2 rings (SSSR count). The van der Waals surface area contributed by atoms with Gasteiger partial charge in [0, 0.05) is 5.02 Å². The fourth-order valence-electron chi connectivity index (χ4n) is 2.58. The van der Waals surface area contributed by atoms with Crippen LogP contribution in [0.3, 0.4) is 0 Å². The summed E-state index contributed by atoms with van der Waals surface area (Å²) in [5.41, 5.74) is 6.84. The highest BCUT2D eigenvalue weighted by atomic mass is 35.5. The predicted octanol–water partition coefficient (Wildman–Crippen LogP) is 3.85. The van der Waals surface area contributed by atoms with Gasteiger partial charge in [0.2, 0.25) is 0 Å². The number of nitrogen functional groups attached to an aromatic ring is 1. The van der Waals surface area contributed by atoms with Gasteiger partial charge in [-0.3, -0.25) is 4.79 Å². The lowest BCUT2D eigenvalue weighted by Gasteiger charge is -2.23. The van der Waals surface area contributed by atoms with Crippen LogP contribution in [-0.4, -0.2) is 18.6 Å². The number of carbonyl (C=O) groups excluding carboxylic acids is 1. The topological polar surface area (TPSA) is 64.3 Å². The molecular formula is C16H23ClN2O2. The highest BCUT2D eigenvalue weighted by molar-refractivity contribution is 6.31. The quantitative estimate of drug-likeness (QED) is 0.812. The first kappa shape index (κ1) is 16.1. The van der Waals surface area contributed by atoms with Gasteiger partial charge in [-0.2, -0.15) is 0 Å². The molecule has 0 aliphatic heterocycles. The molecule has 21 heavy (non-hydrogen) atoms. The molecule has 0 bridgehead atoms. The molecule has 1 unspecified atom stereocenters. The highest BCUT2D eigenvalue weighted by Crippen LogP contribution is 2.25. The number of halogens is 1. The molecule has 116 valence electrons. The molecule has 3 N–H and O–H groups in total. The average Bonchev–Trinajstić information content (AvgIpc) is 2.49. The molecule has 0 radical (unpaired) electrons. The van der Waals surface area contributed by atoms with Crippen molar-refractivity contribution in [2.24, 2.45) is 5.92 Å². The van der Waals surface area contributed by atoms with Gasteiger partial charge < -0.3 is 15.8 Å². The first-order chi connectivity index (χ1) is 10.1. The Kier molecular flexibility index (Phi) is 5.88. The first-order valence-corrected chi connectivity index (χ1v) is 7.91. The molecule has 1 fully saturated rings. The number of hydrogen-bond donors (Lipinski definition) is 2. The van der Waals surface area contributed by atoms with E-state index in [1.54, 1.807) is 25.1 Å². The molecule has 1 atom stereocenters. The van der Waals surface area contributed by atoms with Crippen molar-refractivity contribution < 1.29 is 9.53 Å². The number of nitrogens with one attached hydrogen (secondary N) is 1. The summed E-state index contributed by atoms with van der Waals surface area (Å²) in [7, 11) is 0. The smallest absolute Gasteiger partial charge is 0.253 e. The predicted molar refractivity (Wildman–Crippen MR) is 86.5 cm³/mol. The molecule has 1 aromatic carbocycles. The Balaban J connectivity index is 1.82. The Labute approximate surface area is 131 Å². The third-order valence-electron chi connectivity index (χ3n) is 3.95. The second-order valence-electron chi connectivity index (χ2n) is 5.70. The average molecular weight is 311 g/mol. The Morgan fingerprint density at radius 2 is 2.14 bits per heavy atom. The Bertz CT molecular complexity index is 487. The largest absolute Gasteiger partial charge is 0.397 e. The van der Waals surface area contributed by atoms with E-state index in [0.717, 1.165) is 0 Å². The van der Waals surface area contributed by atoms with Crippen molar-refractivity contribution in [2.75, 3.05) is 17.7 Å². The van der Waals surface area contributed by atoms with Gasteiger partial charge >= 0.3 is 0 Å². The number of hydrogen-bond acceptors (Lipinski definition) is 3. The number of rotatable bonds is 5. The van der Waals surface area contributed by atoms with Crippen LogP contribution in [0.1, 0.15) is 39.0 Å². The molecule has 1 aliphatic rings. The molecule has 0 saturated heterocycles. The van der Waals surface area contributed by atoms with E-state index >= 15 is 0 Å². The summed E-state index contributed by atoms with van der Waals surface area (Å²) in [4.78, 5) is 12.1. The summed E-state index contributed by atoms with van der Waals surface area (Å²) < 4.78 is 5.70. The summed E-state index contributed by atoms with van der Waals surface area (Å²) >= 11 is 5.90. The summed E-state index contributed by atoms with van der Waals surface area (Å²) in [6.45, 7) is 2.42. The van der Waals surface area contributed by atoms with Gasteiger partial charge in [-0.1, -0.05) is 30.9 Å². The van der Waals surface area contributed by atoms with E-state index in [-0.39, 0.29) is 5.91 Å². The minimum atomic E-state index is -0.495.